The zero-order chi connectivity index (χ0) is 18.8. The molecule has 0 bridgehead atoms. The third kappa shape index (κ3) is 3.81. The van der Waals surface area contributed by atoms with Crippen LogP contribution in [-0.4, -0.2) is 58.4 Å². The summed E-state index contributed by atoms with van der Waals surface area (Å²) < 4.78 is 0. The predicted octanol–water partition coefficient (Wildman–Crippen LogP) is 2.92. The highest BCUT2D eigenvalue weighted by atomic mass is 35.5. The van der Waals surface area contributed by atoms with Crippen molar-refractivity contribution in [1.82, 2.24) is 9.80 Å². The highest BCUT2D eigenvalue weighted by Crippen LogP contribution is 2.28. The zero-order valence-electron chi connectivity index (χ0n) is 14.2. The summed E-state index contributed by atoms with van der Waals surface area (Å²) >= 11 is 12.1. The Bertz CT molecular complexity index is 740. The normalized spacial score (nSPS) is 23.2. The van der Waals surface area contributed by atoms with Crippen molar-refractivity contribution >= 4 is 41.0 Å². The lowest BCUT2D eigenvalue weighted by Gasteiger charge is -2.35. The number of rotatable bonds is 3. The molecule has 2 saturated heterocycles. The fourth-order valence-electron chi connectivity index (χ4n) is 3.67. The smallest absolute Gasteiger partial charge is 0.308 e. The number of hydrogen-bond acceptors (Lipinski definition) is 3. The Morgan fingerprint density at radius 2 is 1.81 bits per heavy atom. The molecule has 0 radical (unpaired) electrons. The molecule has 6 nitrogen and oxygen atoms in total. The minimum absolute atomic E-state index is 0.181. The number of carbonyl (C=O) groups is 3. The van der Waals surface area contributed by atoms with Gasteiger partial charge < -0.3 is 14.9 Å². The van der Waals surface area contributed by atoms with Crippen LogP contribution < -0.4 is 0 Å². The van der Waals surface area contributed by atoms with E-state index in [9.17, 15) is 19.5 Å². The molecule has 140 valence electrons. The maximum absolute atomic E-state index is 12.9. The number of aliphatic carboxylic acids is 1. The quantitative estimate of drug-likeness (QED) is 0.848. The number of halogens is 2. The van der Waals surface area contributed by atoms with E-state index in [0.717, 1.165) is 6.42 Å². The summed E-state index contributed by atoms with van der Waals surface area (Å²) in [6.45, 7) is 1.19. The summed E-state index contributed by atoms with van der Waals surface area (Å²) in [4.78, 5) is 40.2. The van der Waals surface area contributed by atoms with Crippen molar-refractivity contribution in [2.24, 2.45) is 5.92 Å². The minimum atomic E-state index is -0.882. The lowest BCUT2D eigenvalue weighted by Crippen LogP contribution is -2.51. The number of benzene rings is 1. The fourth-order valence-corrected chi connectivity index (χ4v) is 4.04. The van der Waals surface area contributed by atoms with Gasteiger partial charge in [-0.15, -0.1) is 0 Å². The predicted molar refractivity (Wildman–Crippen MR) is 97.5 cm³/mol. The van der Waals surface area contributed by atoms with Gasteiger partial charge in [0.2, 0.25) is 5.91 Å². The number of piperidine rings is 1. The molecule has 0 spiro atoms. The van der Waals surface area contributed by atoms with Crippen LogP contribution in [0.1, 0.15) is 36.0 Å². The number of carbonyl (C=O) groups excluding carboxylic acids is 2. The summed E-state index contributed by atoms with van der Waals surface area (Å²) in [5, 5.41) is 9.91. The van der Waals surface area contributed by atoms with Crippen LogP contribution in [0.5, 0.6) is 0 Å². The Balaban J connectivity index is 1.77. The van der Waals surface area contributed by atoms with Gasteiger partial charge in [-0.1, -0.05) is 23.2 Å². The topological polar surface area (TPSA) is 77.9 Å². The fraction of sp³-hybridized carbons (Fsp3) is 0.500. The molecule has 2 atom stereocenters. The third-order valence-corrected chi connectivity index (χ3v) is 5.60. The largest absolute Gasteiger partial charge is 0.481 e. The van der Waals surface area contributed by atoms with Crippen LogP contribution in [0.3, 0.4) is 0 Å². The Labute approximate surface area is 161 Å². The molecule has 0 aromatic heterocycles. The van der Waals surface area contributed by atoms with Crippen LogP contribution in [0.4, 0.5) is 0 Å². The zero-order valence-corrected chi connectivity index (χ0v) is 15.7. The van der Waals surface area contributed by atoms with Crippen molar-refractivity contribution < 1.29 is 19.5 Å². The molecule has 0 unspecified atom stereocenters. The number of carboxylic acids is 1. The first-order valence-electron chi connectivity index (χ1n) is 8.66. The Morgan fingerprint density at radius 3 is 2.54 bits per heavy atom. The summed E-state index contributed by atoms with van der Waals surface area (Å²) in [6.07, 6.45) is 2.52. The van der Waals surface area contributed by atoms with Gasteiger partial charge in [0, 0.05) is 24.7 Å². The number of carboxylic acid groups (broad SMARTS) is 1. The maximum atomic E-state index is 12.9. The van der Waals surface area contributed by atoms with Gasteiger partial charge in [0.15, 0.2) is 0 Å². The molecule has 1 aromatic carbocycles. The van der Waals surface area contributed by atoms with Gasteiger partial charge in [0.1, 0.15) is 6.04 Å². The van der Waals surface area contributed by atoms with Crippen LogP contribution in [0, 0.1) is 5.92 Å². The SMILES string of the molecule is O=C(O)[C@@H]1CCCN(C(=O)[C@H]2CCCN2C(=O)c2cc(Cl)ccc2Cl)C1. The monoisotopic (exact) mass is 398 g/mol. The number of amides is 2. The highest BCUT2D eigenvalue weighted by Gasteiger charge is 2.39. The van der Waals surface area contributed by atoms with E-state index in [1.54, 1.807) is 17.0 Å². The second kappa shape index (κ2) is 7.84. The average molecular weight is 399 g/mol. The maximum Gasteiger partial charge on any atom is 0.308 e. The van der Waals surface area contributed by atoms with Gasteiger partial charge in [0.05, 0.1) is 16.5 Å². The first-order valence-corrected chi connectivity index (χ1v) is 9.41. The van der Waals surface area contributed by atoms with Crippen molar-refractivity contribution in [3.63, 3.8) is 0 Å². The molecule has 26 heavy (non-hydrogen) atoms. The van der Waals surface area contributed by atoms with E-state index in [-0.39, 0.29) is 23.9 Å². The van der Waals surface area contributed by atoms with Crippen LogP contribution in [0.2, 0.25) is 10.0 Å². The molecular weight excluding hydrogens is 379 g/mol. The number of hydrogen-bond donors (Lipinski definition) is 1. The van der Waals surface area contributed by atoms with Crippen molar-refractivity contribution in [2.45, 2.75) is 31.7 Å². The first kappa shape index (κ1) is 19.0. The molecule has 1 N–H and O–H groups in total. The number of likely N-dealkylation sites (tertiary alicyclic amines) is 2. The molecule has 2 amide bonds. The average Bonchev–Trinajstić information content (AvgIpc) is 3.12. The van der Waals surface area contributed by atoms with Gasteiger partial charge in [-0.3, -0.25) is 14.4 Å². The van der Waals surface area contributed by atoms with E-state index >= 15 is 0 Å². The van der Waals surface area contributed by atoms with Gasteiger partial charge in [0.25, 0.3) is 5.91 Å². The van der Waals surface area contributed by atoms with Crippen LogP contribution in [0.25, 0.3) is 0 Å². The summed E-state index contributed by atoms with van der Waals surface area (Å²) in [5.74, 6) is -1.92. The van der Waals surface area contributed by atoms with Crippen molar-refractivity contribution in [3.8, 4) is 0 Å². The molecule has 0 aliphatic carbocycles. The third-order valence-electron chi connectivity index (χ3n) is 5.04. The molecule has 2 heterocycles. The lowest BCUT2D eigenvalue weighted by molar-refractivity contribution is -0.146. The minimum Gasteiger partial charge on any atom is -0.481 e. The van der Waals surface area contributed by atoms with E-state index in [1.165, 1.54) is 11.0 Å². The number of nitrogens with zero attached hydrogens (tertiary/aromatic N) is 2. The Kier molecular flexibility index (Phi) is 5.73. The summed E-state index contributed by atoms with van der Waals surface area (Å²) in [6, 6.07) is 4.09. The van der Waals surface area contributed by atoms with Gasteiger partial charge in [-0.05, 0) is 43.9 Å². The molecule has 8 heteroatoms. The molecule has 2 aliphatic rings. The van der Waals surface area contributed by atoms with Crippen molar-refractivity contribution in [2.75, 3.05) is 19.6 Å². The van der Waals surface area contributed by atoms with Crippen LogP contribution in [-0.2, 0) is 9.59 Å². The Morgan fingerprint density at radius 1 is 1.08 bits per heavy atom. The second-order valence-corrected chi connectivity index (χ2v) is 7.59. The molecule has 2 fully saturated rings. The van der Waals surface area contributed by atoms with Crippen LogP contribution in [0.15, 0.2) is 18.2 Å². The summed E-state index contributed by atoms with van der Waals surface area (Å²) in [7, 11) is 0. The van der Waals surface area contributed by atoms with E-state index in [0.29, 0.717) is 42.4 Å². The van der Waals surface area contributed by atoms with Crippen molar-refractivity contribution in [3.05, 3.63) is 33.8 Å². The molecule has 1 aromatic rings. The molecule has 3 rings (SSSR count). The van der Waals surface area contributed by atoms with E-state index < -0.39 is 17.9 Å². The second-order valence-electron chi connectivity index (χ2n) is 6.74. The van der Waals surface area contributed by atoms with Crippen LogP contribution >= 0.6 is 23.2 Å². The lowest BCUT2D eigenvalue weighted by atomic mass is 9.97. The van der Waals surface area contributed by atoms with Crippen molar-refractivity contribution in [1.29, 1.82) is 0 Å². The highest BCUT2D eigenvalue weighted by molar-refractivity contribution is 6.35. The molecule has 0 saturated carbocycles. The first-order chi connectivity index (χ1) is 12.4. The molecular formula is C18H20Cl2N2O4. The standard InChI is InChI=1S/C18H20Cl2N2O4/c19-12-5-6-14(20)13(9-12)16(23)22-8-2-4-15(22)17(24)21-7-1-3-11(10-21)18(25)26/h5-6,9,11,15H,1-4,7-8,10H2,(H,25,26)/t11-,15-/m1/s1. The summed E-state index contributed by atoms with van der Waals surface area (Å²) in [5.41, 5.74) is 0.279. The van der Waals surface area contributed by atoms with Gasteiger partial charge >= 0.3 is 5.97 Å². The molecule has 2 aliphatic heterocycles. The van der Waals surface area contributed by atoms with Gasteiger partial charge in [-0.2, -0.15) is 0 Å². The van der Waals surface area contributed by atoms with E-state index in [2.05, 4.69) is 0 Å². The van der Waals surface area contributed by atoms with E-state index in [1.807, 2.05) is 0 Å². The Hall–Kier alpha value is -1.79. The van der Waals surface area contributed by atoms with Gasteiger partial charge in [-0.25, -0.2) is 0 Å². The van der Waals surface area contributed by atoms with E-state index in [4.69, 9.17) is 23.2 Å².